The third kappa shape index (κ3) is 4.50. The van der Waals surface area contributed by atoms with Crippen LogP contribution in [0.1, 0.15) is 32.3 Å². The van der Waals surface area contributed by atoms with Gasteiger partial charge in [0.1, 0.15) is 12.4 Å². The van der Waals surface area contributed by atoms with Crippen LogP contribution in [0.2, 0.25) is 5.02 Å². The van der Waals surface area contributed by atoms with Gasteiger partial charge in [-0.05, 0) is 48.9 Å². The molecule has 2 heterocycles. The first-order chi connectivity index (χ1) is 12.4. The summed E-state index contributed by atoms with van der Waals surface area (Å²) in [4.78, 5) is 26.7. The van der Waals surface area contributed by atoms with Crippen molar-refractivity contribution in [2.75, 3.05) is 26.2 Å². The molecule has 26 heavy (non-hydrogen) atoms. The molecule has 0 aromatic heterocycles. The highest BCUT2D eigenvalue weighted by Crippen LogP contribution is 2.31. The lowest BCUT2D eigenvalue weighted by Crippen LogP contribution is -2.48. The summed E-state index contributed by atoms with van der Waals surface area (Å²) >= 11 is 6.07. The highest BCUT2D eigenvalue weighted by Gasteiger charge is 2.32. The number of benzene rings is 1. The average molecular weight is 379 g/mol. The Morgan fingerprint density at radius 3 is 2.96 bits per heavy atom. The summed E-state index contributed by atoms with van der Waals surface area (Å²) in [6.45, 7) is 6.32. The van der Waals surface area contributed by atoms with E-state index in [9.17, 15) is 9.59 Å². The van der Waals surface area contributed by atoms with E-state index in [1.54, 1.807) is 0 Å². The highest BCUT2D eigenvalue weighted by molar-refractivity contribution is 6.30. The number of piperidine rings is 1. The number of amides is 2. The number of likely N-dealkylation sites (tertiary alicyclic amines) is 1. The van der Waals surface area contributed by atoms with Crippen LogP contribution < -0.4 is 10.1 Å². The van der Waals surface area contributed by atoms with Crippen LogP contribution in [-0.4, -0.2) is 43.0 Å². The maximum atomic E-state index is 13.0. The number of rotatable bonds is 4. The molecule has 2 amide bonds. The Morgan fingerprint density at radius 2 is 2.19 bits per heavy atom. The number of nitrogens with zero attached hydrogens (tertiary/aromatic N) is 1. The van der Waals surface area contributed by atoms with E-state index >= 15 is 0 Å². The smallest absolute Gasteiger partial charge is 0.229 e. The van der Waals surface area contributed by atoms with E-state index in [0.717, 1.165) is 30.7 Å². The predicted molar refractivity (Wildman–Crippen MR) is 101 cm³/mol. The first kappa shape index (κ1) is 19.0. The molecule has 0 bridgehead atoms. The molecule has 0 saturated carbocycles. The minimum absolute atomic E-state index is 0.0115. The van der Waals surface area contributed by atoms with Gasteiger partial charge >= 0.3 is 0 Å². The molecule has 2 aliphatic heterocycles. The van der Waals surface area contributed by atoms with Crippen LogP contribution in [0.5, 0.6) is 5.75 Å². The van der Waals surface area contributed by atoms with Crippen molar-refractivity contribution in [3.8, 4) is 5.75 Å². The Labute approximate surface area is 160 Å². The average Bonchev–Trinajstić information content (AvgIpc) is 2.65. The number of hydrogen-bond donors (Lipinski definition) is 1. The number of halogens is 1. The quantitative estimate of drug-likeness (QED) is 0.876. The largest absolute Gasteiger partial charge is 0.492 e. The van der Waals surface area contributed by atoms with E-state index in [0.29, 0.717) is 37.1 Å². The van der Waals surface area contributed by atoms with Crippen LogP contribution in [0.15, 0.2) is 18.2 Å². The van der Waals surface area contributed by atoms with Crippen LogP contribution in [0.25, 0.3) is 0 Å². The molecule has 1 N–H and O–H groups in total. The lowest BCUT2D eigenvalue weighted by Gasteiger charge is -2.36. The summed E-state index contributed by atoms with van der Waals surface area (Å²) in [6.07, 6.45) is 2.69. The van der Waals surface area contributed by atoms with Crippen molar-refractivity contribution in [1.82, 2.24) is 10.2 Å². The fourth-order valence-corrected chi connectivity index (χ4v) is 3.86. The maximum absolute atomic E-state index is 13.0. The molecule has 6 heteroatoms. The SMILES string of the molecule is CC(C)C(=O)NCC1CCCN(C(=O)C2COc3ccc(Cl)cc3C2)C1. The summed E-state index contributed by atoms with van der Waals surface area (Å²) in [5.74, 6) is 1.19. The monoisotopic (exact) mass is 378 g/mol. The first-order valence-corrected chi connectivity index (χ1v) is 9.79. The van der Waals surface area contributed by atoms with E-state index in [1.807, 2.05) is 36.9 Å². The Morgan fingerprint density at radius 1 is 1.38 bits per heavy atom. The van der Waals surface area contributed by atoms with Crippen molar-refractivity contribution in [2.24, 2.45) is 17.8 Å². The second-order valence-corrected chi connectivity index (χ2v) is 8.09. The topological polar surface area (TPSA) is 58.6 Å². The van der Waals surface area contributed by atoms with Crippen LogP contribution in [0.4, 0.5) is 0 Å². The molecule has 0 radical (unpaired) electrons. The van der Waals surface area contributed by atoms with Crippen molar-refractivity contribution < 1.29 is 14.3 Å². The zero-order chi connectivity index (χ0) is 18.7. The van der Waals surface area contributed by atoms with Gasteiger partial charge in [0.2, 0.25) is 11.8 Å². The lowest BCUT2D eigenvalue weighted by atomic mass is 9.92. The molecule has 0 spiro atoms. The maximum Gasteiger partial charge on any atom is 0.229 e. The number of carbonyl (C=O) groups excluding carboxylic acids is 2. The van der Waals surface area contributed by atoms with Gasteiger partial charge in [0.25, 0.3) is 0 Å². The molecule has 2 atom stereocenters. The Bertz CT molecular complexity index is 677. The highest BCUT2D eigenvalue weighted by atomic mass is 35.5. The molecular weight excluding hydrogens is 352 g/mol. The normalized spacial score (nSPS) is 22.5. The minimum Gasteiger partial charge on any atom is -0.492 e. The fourth-order valence-electron chi connectivity index (χ4n) is 3.66. The van der Waals surface area contributed by atoms with Gasteiger partial charge in [0, 0.05) is 30.6 Å². The van der Waals surface area contributed by atoms with Gasteiger partial charge in [-0.3, -0.25) is 9.59 Å². The molecule has 2 unspecified atom stereocenters. The van der Waals surface area contributed by atoms with E-state index < -0.39 is 0 Å². The van der Waals surface area contributed by atoms with Crippen LogP contribution in [-0.2, 0) is 16.0 Å². The molecular formula is C20H27ClN2O3. The van der Waals surface area contributed by atoms with Crippen molar-refractivity contribution in [2.45, 2.75) is 33.1 Å². The number of nitrogens with one attached hydrogen (secondary N) is 1. The molecule has 0 aliphatic carbocycles. The van der Waals surface area contributed by atoms with E-state index in [1.165, 1.54) is 0 Å². The number of hydrogen-bond acceptors (Lipinski definition) is 3. The van der Waals surface area contributed by atoms with E-state index in [4.69, 9.17) is 16.3 Å². The van der Waals surface area contributed by atoms with Crippen molar-refractivity contribution in [1.29, 1.82) is 0 Å². The third-order valence-electron chi connectivity index (χ3n) is 5.20. The second kappa shape index (κ2) is 8.30. The van der Waals surface area contributed by atoms with Crippen LogP contribution in [0.3, 0.4) is 0 Å². The fraction of sp³-hybridized carbons (Fsp3) is 0.600. The number of fused-ring (bicyclic) bond motifs is 1. The van der Waals surface area contributed by atoms with Gasteiger partial charge in [0.05, 0.1) is 5.92 Å². The van der Waals surface area contributed by atoms with Crippen molar-refractivity contribution >= 4 is 23.4 Å². The van der Waals surface area contributed by atoms with E-state index in [2.05, 4.69) is 5.32 Å². The second-order valence-electron chi connectivity index (χ2n) is 7.66. The molecule has 1 aromatic rings. The van der Waals surface area contributed by atoms with Crippen molar-refractivity contribution in [3.05, 3.63) is 28.8 Å². The lowest BCUT2D eigenvalue weighted by molar-refractivity contribution is -0.138. The van der Waals surface area contributed by atoms with Gasteiger partial charge in [0.15, 0.2) is 0 Å². The zero-order valence-electron chi connectivity index (χ0n) is 15.5. The molecule has 3 rings (SSSR count). The van der Waals surface area contributed by atoms with Crippen LogP contribution >= 0.6 is 11.6 Å². The number of ether oxygens (including phenoxy) is 1. The Balaban J connectivity index is 1.57. The molecule has 1 aromatic carbocycles. The molecule has 5 nitrogen and oxygen atoms in total. The van der Waals surface area contributed by atoms with Gasteiger partial charge in [-0.2, -0.15) is 0 Å². The molecule has 1 fully saturated rings. The third-order valence-corrected chi connectivity index (χ3v) is 5.43. The summed E-state index contributed by atoms with van der Waals surface area (Å²) in [5, 5.41) is 3.66. The number of carbonyl (C=O) groups is 2. The van der Waals surface area contributed by atoms with Crippen LogP contribution in [0, 0.1) is 17.8 Å². The van der Waals surface area contributed by atoms with Gasteiger partial charge in [-0.15, -0.1) is 0 Å². The van der Waals surface area contributed by atoms with E-state index in [-0.39, 0.29) is 23.7 Å². The van der Waals surface area contributed by atoms with Gasteiger partial charge in [-0.1, -0.05) is 25.4 Å². The predicted octanol–water partition coefficient (Wildman–Crippen LogP) is 2.90. The Kier molecular flexibility index (Phi) is 6.07. The molecule has 2 aliphatic rings. The molecule has 1 saturated heterocycles. The molecule has 142 valence electrons. The van der Waals surface area contributed by atoms with Crippen molar-refractivity contribution in [3.63, 3.8) is 0 Å². The summed E-state index contributed by atoms with van der Waals surface area (Å²) < 4.78 is 5.77. The summed E-state index contributed by atoms with van der Waals surface area (Å²) in [7, 11) is 0. The minimum atomic E-state index is -0.162. The zero-order valence-corrected chi connectivity index (χ0v) is 16.2. The summed E-state index contributed by atoms with van der Waals surface area (Å²) in [5.41, 5.74) is 1.000. The standard InChI is InChI=1S/C20H27ClN2O3/c1-13(2)19(24)22-10-14-4-3-7-23(11-14)20(25)16-8-15-9-17(21)5-6-18(15)26-12-16/h5-6,9,13-14,16H,3-4,7-8,10-12H2,1-2H3,(H,22,24). The Hall–Kier alpha value is -1.75. The first-order valence-electron chi connectivity index (χ1n) is 9.41. The summed E-state index contributed by atoms with van der Waals surface area (Å²) in [6, 6.07) is 5.56. The van der Waals surface area contributed by atoms with Gasteiger partial charge in [-0.25, -0.2) is 0 Å². The van der Waals surface area contributed by atoms with Gasteiger partial charge < -0.3 is 15.0 Å².